The lowest BCUT2D eigenvalue weighted by Crippen LogP contribution is -2.15. The van der Waals surface area contributed by atoms with Gasteiger partial charge in [-0.2, -0.15) is 0 Å². The van der Waals surface area contributed by atoms with Gasteiger partial charge < -0.3 is 14.6 Å². The number of hydrogen-bond donors (Lipinski definition) is 1. The molecule has 24 heavy (non-hydrogen) atoms. The second kappa shape index (κ2) is 8.60. The summed E-state index contributed by atoms with van der Waals surface area (Å²) in [6.45, 7) is 6.37. The Balaban J connectivity index is 2.01. The summed E-state index contributed by atoms with van der Waals surface area (Å²) in [6.07, 6.45) is 1.72. The topological polar surface area (TPSA) is 69.0 Å². The number of nitrogens with zero attached hydrogens (tertiary/aromatic N) is 3. The predicted octanol–water partition coefficient (Wildman–Crippen LogP) is 2.79. The molecule has 6 nitrogen and oxygen atoms in total. The van der Waals surface area contributed by atoms with Crippen molar-refractivity contribution in [3.63, 3.8) is 0 Å². The number of ether oxygens (including phenoxy) is 1. The van der Waals surface area contributed by atoms with Crippen molar-refractivity contribution in [1.29, 1.82) is 0 Å². The van der Waals surface area contributed by atoms with Gasteiger partial charge in [-0.3, -0.25) is 4.79 Å². The van der Waals surface area contributed by atoms with Gasteiger partial charge in [-0.05, 0) is 24.6 Å². The number of methoxy groups -OCH3 is 1. The smallest absolute Gasteiger partial charge is 0.234 e. The molecule has 0 atom stereocenters. The Labute approximate surface area is 144 Å². The summed E-state index contributed by atoms with van der Waals surface area (Å²) in [6, 6.07) is 4.28. The number of hydrogen-bond acceptors (Lipinski definition) is 5. The van der Waals surface area contributed by atoms with Gasteiger partial charge >= 0.3 is 0 Å². The zero-order chi connectivity index (χ0) is 17.5. The van der Waals surface area contributed by atoms with E-state index in [0.717, 1.165) is 5.56 Å². The molecule has 0 aliphatic rings. The molecule has 0 aliphatic heterocycles. The van der Waals surface area contributed by atoms with E-state index >= 15 is 0 Å². The van der Waals surface area contributed by atoms with Gasteiger partial charge in [0, 0.05) is 19.3 Å². The molecular weight excluding hydrogens is 331 g/mol. The van der Waals surface area contributed by atoms with Gasteiger partial charge in [-0.15, -0.1) is 16.8 Å². The first-order valence-electron chi connectivity index (χ1n) is 7.26. The third-order valence-electron chi connectivity index (χ3n) is 3.18. The molecule has 1 aromatic carbocycles. The highest BCUT2D eigenvalue weighted by Gasteiger charge is 2.14. The molecule has 2 rings (SSSR count). The molecule has 2 aromatic rings. The van der Waals surface area contributed by atoms with Crippen LogP contribution in [0.5, 0.6) is 0 Å². The molecule has 0 bridgehead atoms. The van der Waals surface area contributed by atoms with Crippen LogP contribution in [0.1, 0.15) is 11.4 Å². The molecule has 0 radical (unpaired) electrons. The van der Waals surface area contributed by atoms with E-state index in [1.165, 1.54) is 23.9 Å². The first-order valence-corrected chi connectivity index (χ1v) is 8.24. The van der Waals surface area contributed by atoms with Gasteiger partial charge in [0.25, 0.3) is 0 Å². The minimum Gasteiger partial charge on any atom is -0.377 e. The quantitative estimate of drug-likeness (QED) is 0.586. The average Bonchev–Trinajstić information content (AvgIpc) is 2.92. The number of anilines is 1. The minimum atomic E-state index is -0.390. The number of allylic oxidation sites excluding steroid dienone is 1. The van der Waals surface area contributed by atoms with Gasteiger partial charge in [0.15, 0.2) is 11.0 Å². The third kappa shape index (κ3) is 4.65. The molecule has 0 saturated carbocycles. The molecule has 0 saturated heterocycles. The Morgan fingerprint density at radius 3 is 3.00 bits per heavy atom. The fraction of sp³-hybridized carbons (Fsp3) is 0.312. The zero-order valence-electron chi connectivity index (χ0n) is 13.6. The normalized spacial score (nSPS) is 10.6. The molecule has 1 N–H and O–H groups in total. The van der Waals surface area contributed by atoms with Crippen LogP contribution in [0.4, 0.5) is 10.1 Å². The fourth-order valence-corrected chi connectivity index (χ4v) is 2.79. The number of aryl methyl sites for hydroxylation is 1. The van der Waals surface area contributed by atoms with Crippen LogP contribution in [0.2, 0.25) is 0 Å². The van der Waals surface area contributed by atoms with E-state index in [0.29, 0.717) is 29.8 Å². The summed E-state index contributed by atoms with van der Waals surface area (Å²) in [7, 11) is 1.58. The van der Waals surface area contributed by atoms with E-state index in [1.807, 2.05) is 4.57 Å². The molecular formula is C16H19FN4O2S. The van der Waals surface area contributed by atoms with Gasteiger partial charge in [-0.25, -0.2) is 4.39 Å². The molecule has 1 aromatic heterocycles. The van der Waals surface area contributed by atoms with Crippen LogP contribution in [-0.4, -0.2) is 33.5 Å². The third-order valence-corrected chi connectivity index (χ3v) is 4.15. The van der Waals surface area contributed by atoms with Gasteiger partial charge in [0.05, 0.1) is 5.75 Å². The van der Waals surface area contributed by atoms with Gasteiger partial charge in [0.1, 0.15) is 12.4 Å². The first-order chi connectivity index (χ1) is 11.5. The number of carbonyl (C=O) groups is 1. The monoisotopic (exact) mass is 350 g/mol. The maximum Gasteiger partial charge on any atom is 0.234 e. The standard InChI is InChI=1S/C16H19FN4O2S/c1-4-7-21-14(9-23-3)19-20-16(21)24-10-15(22)18-13-8-12(17)6-5-11(13)2/h4-6,8H,1,7,9-10H2,2-3H3,(H,18,22). The molecule has 0 fully saturated rings. The molecule has 0 spiro atoms. The molecule has 0 unspecified atom stereocenters. The van der Waals surface area contributed by atoms with E-state index in [9.17, 15) is 9.18 Å². The van der Waals surface area contributed by atoms with Crippen molar-refractivity contribution in [2.24, 2.45) is 0 Å². The Morgan fingerprint density at radius 1 is 1.50 bits per heavy atom. The van der Waals surface area contributed by atoms with Crippen LogP contribution in [0, 0.1) is 12.7 Å². The summed E-state index contributed by atoms with van der Waals surface area (Å²) in [4.78, 5) is 12.1. The second-order valence-corrected chi connectivity index (χ2v) is 5.97. The Morgan fingerprint density at radius 2 is 2.29 bits per heavy atom. The summed E-state index contributed by atoms with van der Waals surface area (Å²) in [5.41, 5.74) is 1.26. The van der Waals surface area contributed by atoms with Crippen molar-refractivity contribution in [3.8, 4) is 0 Å². The first kappa shape index (κ1) is 18.2. The van der Waals surface area contributed by atoms with Crippen molar-refractivity contribution in [3.05, 3.63) is 48.1 Å². The lowest BCUT2D eigenvalue weighted by molar-refractivity contribution is -0.113. The summed E-state index contributed by atoms with van der Waals surface area (Å²) >= 11 is 1.25. The number of amides is 1. The van der Waals surface area contributed by atoms with Gasteiger partial charge in [0.2, 0.25) is 5.91 Å². The Kier molecular flexibility index (Phi) is 6.51. The van der Waals surface area contributed by atoms with Gasteiger partial charge in [-0.1, -0.05) is 23.9 Å². The number of halogens is 1. The van der Waals surface area contributed by atoms with E-state index in [1.54, 1.807) is 26.2 Å². The second-order valence-electron chi connectivity index (χ2n) is 5.03. The number of aromatic nitrogens is 3. The van der Waals surface area contributed by atoms with Crippen molar-refractivity contribution in [2.45, 2.75) is 25.2 Å². The van der Waals surface area contributed by atoms with E-state index in [-0.39, 0.29) is 11.7 Å². The number of rotatable bonds is 8. The molecule has 1 heterocycles. The van der Waals surface area contributed by atoms with E-state index in [2.05, 4.69) is 22.1 Å². The number of nitrogens with one attached hydrogen (secondary N) is 1. The summed E-state index contributed by atoms with van der Waals surface area (Å²) in [5.74, 6) is 0.174. The maximum atomic E-state index is 13.3. The molecule has 128 valence electrons. The van der Waals surface area contributed by atoms with E-state index in [4.69, 9.17) is 4.74 Å². The highest BCUT2D eigenvalue weighted by atomic mass is 32.2. The van der Waals surface area contributed by atoms with Crippen LogP contribution in [0.15, 0.2) is 36.0 Å². The van der Waals surface area contributed by atoms with E-state index < -0.39 is 5.82 Å². The lowest BCUT2D eigenvalue weighted by Gasteiger charge is -2.09. The lowest BCUT2D eigenvalue weighted by atomic mass is 10.2. The highest BCUT2D eigenvalue weighted by Crippen LogP contribution is 2.20. The minimum absolute atomic E-state index is 0.137. The largest absolute Gasteiger partial charge is 0.377 e. The zero-order valence-corrected chi connectivity index (χ0v) is 14.4. The predicted molar refractivity (Wildman–Crippen MR) is 91.4 cm³/mol. The van der Waals surface area contributed by atoms with Crippen molar-refractivity contribution in [1.82, 2.24) is 14.8 Å². The van der Waals surface area contributed by atoms with Crippen LogP contribution < -0.4 is 5.32 Å². The molecule has 8 heteroatoms. The highest BCUT2D eigenvalue weighted by molar-refractivity contribution is 7.99. The van der Waals surface area contributed by atoms with Crippen LogP contribution in [0.25, 0.3) is 0 Å². The average molecular weight is 350 g/mol. The number of thioether (sulfide) groups is 1. The van der Waals surface area contributed by atoms with Crippen LogP contribution >= 0.6 is 11.8 Å². The maximum absolute atomic E-state index is 13.3. The van der Waals surface area contributed by atoms with Crippen molar-refractivity contribution < 1.29 is 13.9 Å². The number of benzene rings is 1. The SMILES string of the molecule is C=CCn1c(COC)nnc1SCC(=O)Nc1cc(F)ccc1C. The summed E-state index contributed by atoms with van der Waals surface area (Å²) < 4.78 is 20.2. The van der Waals surface area contributed by atoms with Crippen molar-refractivity contribution in [2.75, 3.05) is 18.2 Å². The summed E-state index contributed by atoms with van der Waals surface area (Å²) in [5, 5.41) is 11.4. The van der Waals surface area contributed by atoms with Crippen LogP contribution in [0.3, 0.4) is 0 Å². The Bertz CT molecular complexity index is 733. The fourth-order valence-electron chi connectivity index (χ4n) is 2.02. The molecule has 0 aliphatic carbocycles. The Hall–Kier alpha value is -2.19. The van der Waals surface area contributed by atoms with Crippen molar-refractivity contribution >= 4 is 23.4 Å². The van der Waals surface area contributed by atoms with Crippen LogP contribution in [-0.2, 0) is 22.7 Å². The number of carbonyl (C=O) groups excluding carboxylic acids is 1. The molecule has 1 amide bonds.